The minimum absolute atomic E-state index is 0.502. The van der Waals surface area contributed by atoms with Gasteiger partial charge in [-0.15, -0.1) is 0 Å². The van der Waals surface area contributed by atoms with Crippen molar-refractivity contribution in [1.82, 2.24) is 10.2 Å². The summed E-state index contributed by atoms with van der Waals surface area (Å²) in [6.45, 7) is 6.15. The predicted octanol–water partition coefficient (Wildman–Crippen LogP) is 2.88. The number of nitrogens with one attached hydrogen (secondary N) is 1. The monoisotopic (exact) mass is 268 g/mol. The number of piperazine rings is 1. The van der Waals surface area contributed by atoms with E-state index in [0.717, 1.165) is 11.3 Å². The van der Waals surface area contributed by atoms with Crippen molar-refractivity contribution in [3.05, 3.63) is 0 Å². The molecular weight excluding hydrogens is 240 g/mol. The maximum Gasteiger partial charge on any atom is 0.0309 e. The summed E-state index contributed by atoms with van der Waals surface area (Å²) in [4.78, 5) is 2.85. The van der Waals surface area contributed by atoms with Crippen LogP contribution in [0, 0.1) is 0 Å². The van der Waals surface area contributed by atoms with Gasteiger partial charge in [0, 0.05) is 36.5 Å². The summed E-state index contributed by atoms with van der Waals surface area (Å²) in [5, 5.41) is 4.77. The first-order chi connectivity index (χ1) is 8.83. The Bertz CT molecular complexity index is 276. The van der Waals surface area contributed by atoms with Gasteiger partial charge in [0.25, 0.3) is 0 Å². The molecule has 2 nitrogen and oxygen atoms in total. The van der Waals surface area contributed by atoms with E-state index in [2.05, 4.69) is 28.9 Å². The molecule has 3 heteroatoms. The third-order valence-electron chi connectivity index (χ3n) is 5.23. The standard InChI is InChI=1S/C15H28N2S/c1-2-18-14-7-5-6-13(14)17-11-10-16-15(12-17)8-3-4-9-15/h13-14,16H,2-12H2,1H3. The van der Waals surface area contributed by atoms with Crippen LogP contribution in [0.2, 0.25) is 0 Å². The molecule has 1 heterocycles. The molecule has 3 rings (SSSR count). The molecule has 3 fully saturated rings. The molecule has 0 aromatic carbocycles. The molecule has 104 valence electrons. The molecule has 1 aliphatic heterocycles. The highest BCUT2D eigenvalue weighted by molar-refractivity contribution is 7.99. The average Bonchev–Trinajstić information content (AvgIpc) is 3.00. The summed E-state index contributed by atoms with van der Waals surface area (Å²) in [5.74, 6) is 1.29. The van der Waals surface area contributed by atoms with E-state index >= 15 is 0 Å². The third-order valence-corrected chi connectivity index (χ3v) is 6.54. The largest absolute Gasteiger partial charge is 0.309 e. The summed E-state index contributed by atoms with van der Waals surface area (Å²) in [7, 11) is 0. The normalized spacial score (nSPS) is 36.5. The molecule has 3 aliphatic rings. The van der Waals surface area contributed by atoms with Crippen LogP contribution in [0.1, 0.15) is 51.9 Å². The zero-order valence-electron chi connectivity index (χ0n) is 11.8. The molecule has 2 aliphatic carbocycles. The molecule has 0 aromatic rings. The Hall–Kier alpha value is 0.270. The molecule has 0 bridgehead atoms. The Morgan fingerprint density at radius 2 is 2.06 bits per heavy atom. The zero-order chi connectivity index (χ0) is 12.4. The van der Waals surface area contributed by atoms with E-state index in [1.165, 1.54) is 70.3 Å². The lowest BCUT2D eigenvalue weighted by molar-refractivity contribution is 0.0978. The van der Waals surface area contributed by atoms with Crippen LogP contribution >= 0.6 is 11.8 Å². The lowest BCUT2D eigenvalue weighted by atomic mass is 9.93. The molecule has 1 N–H and O–H groups in total. The van der Waals surface area contributed by atoms with E-state index in [1.807, 2.05) is 0 Å². The smallest absolute Gasteiger partial charge is 0.0309 e. The summed E-state index contributed by atoms with van der Waals surface area (Å²) < 4.78 is 0. The van der Waals surface area contributed by atoms with E-state index in [1.54, 1.807) is 0 Å². The van der Waals surface area contributed by atoms with E-state index in [-0.39, 0.29) is 0 Å². The van der Waals surface area contributed by atoms with Crippen LogP contribution in [-0.2, 0) is 0 Å². The second-order valence-electron chi connectivity index (χ2n) is 6.38. The van der Waals surface area contributed by atoms with Crippen molar-refractivity contribution >= 4 is 11.8 Å². The summed E-state index contributed by atoms with van der Waals surface area (Å²) in [6.07, 6.45) is 10.1. The second kappa shape index (κ2) is 5.72. The van der Waals surface area contributed by atoms with Gasteiger partial charge < -0.3 is 5.32 Å². The topological polar surface area (TPSA) is 15.3 Å². The first-order valence-corrected chi connectivity index (χ1v) is 8.98. The van der Waals surface area contributed by atoms with Crippen molar-refractivity contribution in [2.24, 2.45) is 0 Å². The molecule has 2 unspecified atom stereocenters. The molecule has 18 heavy (non-hydrogen) atoms. The number of thioether (sulfide) groups is 1. The van der Waals surface area contributed by atoms with E-state index in [4.69, 9.17) is 0 Å². The second-order valence-corrected chi connectivity index (χ2v) is 7.89. The van der Waals surface area contributed by atoms with Crippen LogP contribution in [0.5, 0.6) is 0 Å². The van der Waals surface area contributed by atoms with Gasteiger partial charge in [0.1, 0.15) is 0 Å². The molecule has 1 saturated heterocycles. The van der Waals surface area contributed by atoms with Crippen LogP contribution < -0.4 is 5.32 Å². The van der Waals surface area contributed by atoms with Crippen molar-refractivity contribution in [3.8, 4) is 0 Å². The van der Waals surface area contributed by atoms with Crippen LogP contribution in [-0.4, -0.2) is 47.1 Å². The molecular formula is C15H28N2S. The van der Waals surface area contributed by atoms with Gasteiger partial charge in [-0.1, -0.05) is 26.2 Å². The van der Waals surface area contributed by atoms with E-state index in [9.17, 15) is 0 Å². The lowest BCUT2D eigenvalue weighted by Crippen LogP contribution is -2.61. The first kappa shape index (κ1) is 13.3. The Morgan fingerprint density at radius 1 is 1.22 bits per heavy atom. The summed E-state index contributed by atoms with van der Waals surface area (Å²) in [6, 6.07) is 0.884. The van der Waals surface area contributed by atoms with Gasteiger partial charge in [0.05, 0.1) is 0 Å². The quantitative estimate of drug-likeness (QED) is 0.847. The van der Waals surface area contributed by atoms with E-state index in [0.29, 0.717) is 5.54 Å². The number of hydrogen-bond acceptors (Lipinski definition) is 3. The highest BCUT2D eigenvalue weighted by Crippen LogP contribution is 2.37. The van der Waals surface area contributed by atoms with Gasteiger partial charge in [0.2, 0.25) is 0 Å². The van der Waals surface area contributed by atoms with Crippen LogP contribution in [0.3, 0.4) is 0 Å². The Balaban J connectivity index is 1.64. The lowest BCUT2D eigenvalue weighted by Gasteiger charge is -2.45. The molecule has 2 atom stereocenters. The number of nitrogens with zero attached hydrogens (tertiary/aromatic N) is 1. The minimum atomic E-state index is 0.502. The van der Waals surface area contributed by atoms with Gasteiger partial charge in [0.15, 0.2) is 0 Å². The van der Waals surface area contributed by atoms with Crippen molar-refractivity contribution in [2.75, 3.05) is 25.4 Å². The Kier molecular flexibility index (Phi) is 4.21. The molecule has 0 aromatic heterocycles. The predicted molar refractivity (Wildman–Crippen MR) is 80.3 cm³/mol. The van der Waals surface area contributed by atoms with Crippen molar-refractivity contribution in [3.63, 3.8) is 0 Å². The third kappa shape index (κ3) is 2.59. The van der Waals surface area contributed by atoms with Crippen LogP contribution in [0.4, 0.5) is 0 Å². The highest BCUT2D eigenvalue weighted by Gasteiger charge is 2.41. The van der Waals surface area contributed by atoms with Crippen molar-refractivity contribution in [2.45, 2.75) is 68.7 Å². The average molecular weight is 268 g/mol. The SMILES string of the molecule is CCSC1CCCC1N1CCNC2(CCCC2)C1. The Morgan fingerprint density at radius 3 is 2.83 bits per heavy atom. The van der Waals surface area contributed by atoms with E-state index < -0.39 is 0 Å². The maximum atomic E-state index is 3.85. The zero-order valence-corrected chi connectivity index (χ0v) is 12.6. The fourth-order valence-corrected chi connectivity index (χ4v) is 5.68. The molecule has 2 saturated carbocycles. The summed E-state index contributed by atoms with van der Waals surface area (Å²) in [5.41, 5.74) is 0.502. The molecule has 1 spiro atoms. The van der Waals surface area contributed by atoms with Crippen molar-refractivity contribution in [1.29, 1.82) is 0 Å². The van der Waals surface area contributed by atoms with Crippen LogP contribution in [0.15, 0.2) is 0 Å². The molecule has 0 radical (unpaired) electrons. The van der Waals surface area contributed by atoms with Crippen molar-refractivity contribution < 1.29 is 0 Å². The summed E-state index contributed by atoms with van der Waals surface area (Å²) >= 11 is 2.21. The number of hydrogen-bond donors (Lipinski definition) is 1. The van der Waals surface area contributed by atoms with Gasteiger partial charge in [-0.05, 0) is 31.4 Å². The van der Waals surface area contributed by atoms with Gasteiger partial charge in [-0.2, -0.15) is 11.8 Å². The minimum Gasteiger partial charge on any atom is -0.309 e. The fraction of sp³-hybridized carbons (Fsp3) is 1.00. The highest BCUT2D eigenvalue weighted by atomic mass is 32.2. The van der Waals surface area contributed by atoms with Crippen LogP contribution in [0.25, 0.3) is 0 Å². The van der Waals surface area contributed by atoms with Gasteiger partial charge in [-0.3, -0.25) is 4.90 Å². The Labute approximate surface area is 116 Å². The fourth-order valence-electron chi connectivity index (χ4n) is 4.39. The number of rotatable bonds is 3. The molecule has 0 amide bonds. The maximum absolute atomic E-state index is 3.85. The van der Waals surface area contributed by atoms with Gasteiger partial charge in [-0.25, -0.2) is 0 Å². The van der Waals surface area contributed by atoms with Gasteiger partial charge >= 0.3 is 0 Å². The first-order valence-electron chi connectivity index (χ1n) is 7.94.